The van der Waals surface area contributed by atoms with E-state index in [2.05, 4.69) is 10.6 Å². The lowest BCUT2D eigenvalue weighted by atomic mass is 9.94. The number of piperidine rings is 1. The van der Waals surface area contributed by atoms with Gasteiger partial charge in [-0.3, -0.25) is 9.59 Å². The van der Waals surface area contributed by atoms with Crippen LogP contribution < -0.4 is 10.6 Å². The number of rotatable bonds is 3. The van der Waals surface area contributed by atoms with Crippen LogP contribution in [0.5, 0.6) is 0 Å². The predicted octanol–water partition coefficient (Wildman–Crippen LogP) is 2.10. The van der Waals surface area contributed by atoms with Gasteiger partial charge >= 0.3 is 12.1 Å². The molecule has 1 aromatic rings. The van der Waals surface area contributed by atoms with Gasteiger partial charge in [0, 0.05) is 36.8 Å². The van der Waals surface area contributed by atoms with Crippen molar-refractivity contribution in [3.8, 4) is 0 Å². The van der Waals surface area contributed by atoms with Crippen molar-refractivity contribution in [3.05, 3.63) is 29.3 Å². The van der Waals surface area contributed by atoms with Crippen LogP contribution in [0.15, 0.2) is 18.2 Å². The third-order valence-electron chi connectivity index (χ3n) is 7.12. The number of carbonyl (C=O) groups is 4. The molecule has 9 heteroatoms. The SMILES string of the molecule is CNC(=O)Nc1ccc2c(c1)CCC21OC(=O)N(CC(=O)N2C3CCCC2CC3)C1=O. The molecule has 5 amide bonds. The zero-order chi connectivity index (χ0) is 21.8. The van der Waals surface area contributed by atoms with Gasteiger partial charge in [-0.2, -0.15) is 0 Å². The van der Waals surface area contributed by atoms with E-state index < -0.39 is 17.6 Å². The Balaban J connectivity index is 1.35. The van der Waals surface area contributed by atoms with Crippen molar-refractivity contribution in [1.82, 2.24) is 15.1 Å². The highest BCUT2D eigenvalue weighted by atomic mass is 16.6. The van der Waals surface area contributed by atoms with Crippen molar-refractivity contribution < 1.29 is 23.9 Å². The number of hydrogen-bond acceptors (Lipinski definition) is 5. The third-order valence-corrected chi connectivity index (χ3v) is 7.12. The summed E-state index contributed by atoms with van der Waals surface area (Å²) in [4.78, 5) is 53.4. The minimum Gasteiger partial charge on any atom is -0.427 e. The maximum atomic E-state index is 13.3. The first-order valence-electron chi connectivity index (χ1n) is 10.9. The predicted molar refractivity (Wildman–Crippen MR) is 110 cm³/mol. The van der Waals surface area contributed by atoms with Crippen molar-refractivity contribution >= 4 is 29.6 Å². The molecule has 4 aliphatic rings. The van der Waals surface area contributed by atoms with E-state index >= 15 is 0 Å². The normalized spacial score (nSPS) is 28.7. The smallest absolute Gasteiger partial charge is 0.418 e. The summed E-state index contributed by atoms with van der Waals surface area (Å²) in [5.41, 5.74) is 0.692. The molecule has 3 unspecified atom stereocenters. The fourth-order valence-corrected chi connectivity index (χ4v) is 5.67. The van der Waals surface area contributed by atoms with E-state index in [0.29, 0.717) is 24.1 Å². The first-order valence-corrected chi connectivity index (χ1v) is 10.9. The second-order valence-corrected chi connectivity index (χ2v) is 8.78. The van der Waals surface area contributed by atoms with Crippen LogP contribution in [0.4, 0.5) is 15.3 Å². The van der Waals surface area contributed by atoms with Gasteiger partial charge in [-0.05, 0) is 56.2 Å². The molecule has 164 valence electrons. The fraction of sp³-hybridized carbons (Fsp3) is 0.545. The summed E-state index contributed by atoms with van der Waals surface area (Å²) >= 11 is 0. The van der Waals surface area contributed by atoms with E-state index in [1.54, 1.807) is 18.2 Å². The zero-order valence-electron chi connectivity index (χ0n) is 17.5. The summed E-state index contributed by atoms with van der Waals surface area (Å²) in [6, 6.07) is 5.31. The van der Waals surface area contributed by atoms with Crippen molar-refractivity contribution in [3.63, 3.8) is 0 Å². The van der Waals surface area contributed by atoms with Crippen LogP contribution in [0.3, 0.4) is 0 Å². The highest BCUT2D eigenvalue weighted by Gasteiger charge is 2.58. The van der Waals surface area contributed by atoms with Crippen LogP contribution in [-0.2, 0) is 26.3 Å². The fourth-order valence-electron chi connectivity index (χ4n) is 5.67. The summed E-state index contributed by atoms with van der Waals surface area (Å²) in [6.07, 6.45) is 5.21. The van der Waals surface area contributed by atoms with Gasteiger partial charge < -0.3 is 20.3 Å². The van der Waals surface area contributed by atoms with E-state index in [-0.39, 0.29) is 30.6 Å². The number of hydrogen-bond donors (Lipinski definition) is 2. The van der Waals surface area contributed by atoms with E-state index in [0.717, 1.165) is 42.6 Å². The van der Waals surface area contributed by atoms with Crippen LogP contribution >= 0.6 is 0 Å². The molecule has 0 saturated carbocycles. The molecule has 3 aliphatic heterocycles. The van der Waals surface area contributed by atoms with Gasteiger partial charge in [0.05, 0.1) is 0 Å². The van der Waals surface area contributed by atoms with Crippen LogP contribution in [0.25, 0.3) is 0 Å². The monoisotopic (exact) mass is 426 g/mol. The van der Waals surface area contributed by atoms with Gasteiger partial charge in [0.1, 0.15) is 6.54 Å². The Kier molecular flexibility index (Phi) is 4.64. The zero-order valence-corrected chi connectivity index (χ0v) is 17.5. The van der Waals surface area contributed by atoms with Crippen molar-refractivity contribution in [1.29, 1.82) is 0 Å². The average molecular weight is 426 g/mol. The van der Waals surface area contributed by atoms with Crippen molar-refractivity contribution in [2.45, 2.75) is 62.6 Å². The van der Waals surface area contributed by atoms with Crippen LogP contribution in [-0.4, -0.2) is 59.4 Å². The first kappa shape index (κ1) is 19.8. The number of imide groups is 1. The number of nitrogens with one attached hydrogen (secondary N) is 2. The molecule has 9 nitrogen and oxygen atoms in total. The number of nitrogens with zero attached hydrogens (tertiary/aromatic N) is 2. The van der Waals surface area contributed by atoms with Gasteiger partial charge in [0.15, 0.2) is 0 Å². The largest absolute Gasteiger partial charge is 0.427 e. The molecular formula is C22H26N4O5. The number of carbonyl (C=O) groups excluding carboxylic acids is 4. The number of ether oxygens (including phenoxy) is 1. The maximum absolute atomic E-state index is 13.3. The Hall–Kier alpha value is -3.10. The molecule has 3 heterocycles. The highest BCUT2D eigenvalue weighted by molar-refractivity contribution is 6.06. The lowest BCUT2D eigenvalue weighted by Gasteiger charge is -2.35. The Morgan fingerprint density at radius 3 is 2.61 bits per heavy atom. The number of aryl methyl sites for hydroxylation is 1. The number of amides is 5. The highest BCUT2D eigenvalue weighted by Crippen LogP contribution is 2.46. The molecule has 0 aromatic heterocycles. The second-order valence-electron chi connectivity index (χ2n) is 8.78. The minimum absolute atomic E-state index is 0.169. The topological polar surface area (TPSA) is 108 Å². The number of anilines is 1. The molecule has 1 aliphatic carbocycles. The molecule has 3 saturated heterocycles. The molecule has 1 aromatic carbocycles. The summed E-state index contributed by atoms with van der Waals surface area (Å²) < 4.78 is 5.63. The Morgan fingerprint density at radius 2 is 1.90 bits per heavy atom. The average Bonchev–Trinajstić information content (AvgIpc) is 3.33. The van der Waals surface area contributed by atoms with Crippen LogP contribution in [0.1, 0.15) is 49.7 Å². The number of fused-ring (bicyclic) bond motifs is 4. The number of urea groups is 1. The van der Waals surface area contributed by atoms with Gasteiger partial charge in [0.2, 0.25) is 11.5 Å². The van der Waals surface area contributed by atoms with E-state index in [9.17, 15) is 19.2 Å². The Labute approximate surface area is 180 Å². The first-order chi connectivity index (χ1) is 14.9. The molecule has 0 radical (unpaired) electrons. The van der Waals surface area contributed by atoms with Gasteiger partial charge in [-0.15, -0.1) is 0 Å². The second kappa shape index (κ2) is 7.25. The molecule has 2 N–H and O–H groups in total. The quantitative estimate of drug-likeness (QED) is 0.770. The summed E-state index contributed by atoms with van der Waals surface area (Å²) in [6.45, 7) is -0.266. The lowest BCUT2D eigenvalue weighted by molar-refractivity contribution is -0.143. The van der Waals surface area contributed by atoms with E-state index in [1.807, 2.05) is 4.90 Å². The van der Waals surface area contributed by atoms with Gasteiger partial charge in [-0.25, -0.2) is 14.5 Å². The standard InChI is InChI=1S/C22H26N4O5/c1-23-20(29)24-14-5-8-17-13(11-14)9-10-22(17)19(28)25(21(30)31-22)12-18(27)26-15-3-2-4-16(26)7-6-15/h5,8,11,15-16H,2-4,6-7,9-10,12H2,1H3,(H2,23,24,29). The molecule has 3 fully saturated rings. The molecule has 1 spiro atoms. The van der Waals surface area contributed by atoms with Crippen molar-refractivity contribution in [2.75, 3.05) is 18.9 Å². The number of benzene rings is 1. The summed E-state index contributed by atoms with van der Waals surface area (Å²) in [5.74, 6) is -0.640. The molecule has 2 bridgehead atoms. The molecular weight excluding hydrogens is 400 g/mol. The maximum Gasteiger partial charge on any atom is 0.418 e. The Bertz CT molecular complexity index is 963. The molecule has 3 atom stereocenters. The third kappa shape index (κ3) is 3.05. The van der Waals surface area contributed by atoms with E-state index in [4.69, 9.17) is 4.74 Å². The van der Waals surface area contributed by atoms with Crippen LogP contribution in [0.2, 0.25) is 0 Å². The Morgan fingerprint density at radius 1 is 1.16 bits per heavy atom. The van der Waals surface area contributed by atoms with Crippen molar-refractivity contribution in [2.24, 2.45) is 0 Å². The summed E-state index contributed by atoms with van der Waals surface area (Å²) in [7, 11) is 1.53. The lowest BCUT2D eigenvalue weighted by Crippen LogP contribution is -2.50. The molecule has 31 heavy (non-hydrogen) atoms. The van der Waals surface area contributed by atoms with E-state index in [1.165, 1.54) is 7.05 Å². The van der Waals surface area contributed by atoms with Gasteiger partial charge in [0.25, 0.3) is 5.91 Å². The minimum atomic E-state index is -1.38. The summed E-state index contributed by atoms with van der Waals surface area (Å²) in [5, 5.41) is 5.19. The van der Waals surface area contributed by atoms with Crippen LogP contribution in [0, 0.1) is 0 Å². The molecule has 5 rings (SSSR count). The van der Waals surface area contributed by atoms with Gasteiger partial charge in [-0.1, -0.05) is 6.07 Å².